The summed E-state index contributed by atoms with van der Waals surface area (Å²) in [5.74, 6) is 0.879. The van der Waals surface area contributed by atoms with E-state index in [0.29, 0.717) is 6.04 Å². The fourth-order valence-corrected chi connectivity index (χ4v) is 4.19. The minimum Gasteiger partial charge on any atom is -0.497 e. The van der Waals surface area contributed by atoms with Gasteiger partial charge in [0.05, 0.1) is 25.4 Å². The summed E-state index contributed by atoms with van der Waals surface area (Å²) in [5.41, 5.74) is 1.10. The highest BCUT2D eigenvalue weighted by molar-refractivity contribution is 7.13. The van der Waals surface area contributed by atoms with Crippen LogP contribution in [0.15, 0.2) is 35.8 Å². The molecule has 2 aliphatic rings. The minimum absolute atomic E-state index is 0.0180. The second-order valence-corrected chi connectivity index (χ2v) is 7.13. The van der Waals surface area contributed by atoms with Crippen molar-refractivity contribution in [3.63, 3.8) is 0 Å². The summed E-state index contributed by atoms with van der Waals surface area (Å²) in [7, 11) is 1.69. The predicted molar refractivity (Wildman–Crippen MR) is 92.6 cm³/mol. The third-order valence-electron chi connectivity index (χ3n) is 4.68. The number of hydrogen-bond acceptors (Lipinski definition) is 6. The van der Waals surface area contributed by atoms with Gasteiger partial charge in [-0.15, -0.1) is 11.3 Å². The molecule has 2 aromatic rings. The summed E-state index contributed by atoms with van der Waals surface area (Å²) in [6, 6.07) is 8.43. The number of ether oxygens (including phenoxy) is 2. The van der Waals surface area contributed by atoms with Crippen molar-refractivity contribution in [1.82, 2.24) is 4.98 Å². The molecule has 0 aliphatic carbocycles. The van der Waals surface area contributed by atoms with Gasteiger partial charge in [0.2, 0.25) is 0 Å². The Morgan fingerprint density at radius 2 is 2.26 bits per heavy atom. The van der Waals surface area contributed by atoms with Gasteiger partial charge in [0.25, 0.3) is 0 Å². The van der Waals surface area contributed by atoms with Crippen LogP contribution in [0.25, 0.3) is 0 Å². The fourth-order valence-electron chi connectivity index (χ4n) is 3.52. The van der Waals surface area contributed by atoms with E-state index in [1.807, 2.05) is 23.7 Å². The molecule has 1 N–H and O–H groups in total. The number of anilines is 2. The normalized spacial score (nSPS) is 26.8. The van der Waals surface area contributed by atoms with Gasteiger partial charge in [-0.05, 0) is 30.7 Å². The Balaban J connectivity index is 1.37. The molecule has 6 heteroatoms. The first-order valence-corrected chi connectivity index (χ1v) is 8.83. The number of rotatable bonds is 4. The maximum atomic E-state index is 6.21. The van der Waals surface area contributed by atoms with Gasteiger partial charge in [-0.1, -0.05) is 0 Å². The minimum atomic E-state index is -0.0180. The highest BCUT2D eigenvalue weighted by Gasteiger charge is 2.46. The van der Waals surface area contributed by atoms with Gasteiger partial charge in [-0.3, -0.25) is 0 Å². The number of thiazole rings is 1. The van der Waals surface area contributed by atoms with Crippen molar-refractivity contribution < 1.29 is 9.47 Å². The van der Waals surface area contributed by atoms with Crippen molar-refractivity contribution in [3.8, 4) is 5.75 Å². The quantitative estimate of drug-likeness (QED) is 0.933. The lowest BCUT2D eigenvalue weighted by Gasteiger charge is -2.23. The van der Waals surface area contributed by atoms with Crippen LogP contribution in [0.5, 0.6) is 5.75 Å². The van der Waals surface area contributed by atoms with Crippen LogP contribution in [-0.4, -0.2) is 43.4 Å². The summed E-state index contributed by atoms with van der Waals surface area (Å²) < 4.78 is 11.4. The Kier molecular flexibility index (Phi) is 3.87. The zero-order valence-corrected chi connectivity index (χ0v) is 14.0. The van der Waals surface area contributed by atoms with E-state index in [2.05, 4.69) is 27.3 Å². The van der Waals surface area contributed by atoms with E-state index in [1.165, 1.54) is 0 Å². The molecule has 1 aromatic carbocycles. The average Bonchev–Trinajstić information content (AvgIpc) is 3.31. The van der Waals surface area contributed by atoms with Crippen LogP contribution >= 0.6 is 11.3 Å². The monoisotopic (exact) mass is 331 g/mol. The van der Waals surface area contributed by atoms with Gasteiger partial charge >= 0.3 is 0 Å². The van der Waals surface area contributed by atoms with Gasteiger partial charge in [-0.25, -0.2) is 4.98 Å². The van der Waals surface area contributed by atoms with Gasteiger partial charge in [0.15, 0.2) is 5.13 Å². The number of nitrogens with zero attached hydrogens (tertiary/aromatic N) is 2. The molecule has 2 saturated heterocycles. The van der Waals surface area contributed by atoms with E-state index >= 15 is 0 Å². The van der Waals surface area contributed by atoms with Crippen molar-refractivity contribution in [2.24, 2.45) is 0 Å². The molecular formula is C17H21N3O2S. The molecule has 0 saturated carbocycles. The van der Waals surface area contributed by atoms with Gasteiger partial charge in [0, 0.05) is 36.8 Å². The summed E-state index contributed by atoms with van der Waals surface area (Å²) in [6.45, 7) is 2.74. The molecule has 5 nitrogen and oxygen atoms in total. The average molecular weight is 331 g/mol. The van der Waals surface area contributed by atoms with Crippen LogP contribution in [0.3, 0.4) is 0 Å². The molecule has 4 rings (SSSR count). The summed E-state index contributed by atoms with van der Waals surface area (Å²) in [6.07, 6.45) is 3.99. The summed E-state index contributed by atoms with van der Waals surface area (Å²) >= 11 is 1.70. The number of hydrogen-bond donors (Lipinski definition) is 1. The summed E-state index contributed by atoms with van der Waals surface area (Å²) in [5, 5.41) is 6.72. The third kappa shape index (κ3) is 3.01. The molecule has 2 aliphatic heterocycles. The molecule has 1 spiro atoms. The van der Waals surface area contributed by atoms with Gasteiger partial charge in [-0.2, -0.15) is 0 Å². The van der Waals surface area contributed by atoms with Crippen LogP contribution in [0, 0.1) is 0 Å². The molecule has 122 valence electrons. The zero-order chi connectivity index (χ0) is 15.7. The van der Waals surface area contributed by atoms with Crippen LogP contribution in [-0.2, 0) is 4.74 Å². The van der Waals surface area contributed by atoms with Crippen LogP contribution < -0.4 is 15.0 Å². The van der Waals surface area contributed by atoms with Crippen molar-refractivity contribution in [2.45, 2.75) is 24.5 Å². The number of nitrogens with one attached hydrogen (secondary N) is 1. The SMILES string of the molecule is COc1ccc(N[C@@H]2CO[C@]3(CCN(c4nccs4)C3)C2)cc1. The van der Waals surface area contributed by atoms with Crippen LogP contribution in [0.2, 0.25) is 0 Å². The molecule has 0 unspecified atom stereocenters. The Labute approximate surface area is 140 Å². The largest absolute Gasteiger partial charge is 0.497 e. The molecule has 1 aromatic heterocycles. The molecule has 3 heterocycles. The first-order valence-electron chi connectivity index (χ1n) is 7.95. The van der Waals surface area contributed by atoms with E-state index in [-0.39, 0.29) is 5.60 Å². The second kappa shape index (κ2) is 6.02. The third-order valence-corrected chi connectivity index (χ3v) is 5.51. The van der Waals surface area contributed by atoms with Crippen LogP contribution in [0.1, 0.15) is 12.8 Å². The molecule has 0 radical (unpaired) electrons. The van der Waals surface area contributed by atoms with Crippen LogP contribution in [0.4, 0.5) is 10.8 Å². The molecule has 2 atom stereocenters. The molecular weight excluding hydrogens is 310 g/mol. The first-order chi connectivity index (χ1) is 11.3. The lowest BCUT2D eigenvalue weighted by Crippen LogP contribution is -2.33. The standard InChI is InChI=1S/C17H21N3O2S/c1-21-15-4-2-13(3-5-15)19-14-10-17(22-11-14)6-8-20(12-17)16-18-7-9-23-16/h2-5,7,9,14,19H,6,8,10-12H2,1H3/t14-,17+/m0/s1. The van der Waals surface area contributed by atoms with E-state index in [4.69, 9.17) is 9.47 Å². The van der Waals surface area contributed by atoms with E-state index < -0.39 is 0 Å². The highest BCUT2D eigenvalue weighted by atomic mass is 32.1. The predicted octanol–water partition coefficient (Wildman–Crippen LogP) is 3.00. The fraction of sp³-hybridized carbons (Fsp3) is 0.471. The second-order valence-electron chi connectivity index (χ2n) is 6.25. The topological polar surface area (TPSA) is 46.6 Å². The van der Waals surface area contributed by atoms with E-state index in [9.17, 15) is 0 Å². The van der Waals surface area contributed by atoms with Crippen molar-refractivity contribution in [3.05, 3.63) is 35.8 Å². The van der Waals surface area contributed by atoms with Crippen molar-refractivity contribution >= 4 is 22.2 Å². The number of benzene rings is 1. The maximum Gasteiger partial charge on any atom is 0.185 e. The smallest absolute Gasteiger partial charge is 0.185 e. The highest BCUT2D eigenvalue weighted by Crippen LogP contribution is 2.38. The molecule has 23 heavy (non-hydrogen) atoms. The Bertz CT molecular complexity index is 646. The molecule has 0 bridgehead atoms. The van der Waals surface area contributed by atoms with Crippen molar-refractivity contribution in [2.75, 3.05) is 37.0 Å². The number of aromatic nitrogens is 1. The maximum absolute atomic E-state index is 6.21. The summed E-state index contributed by atoms with van der Waals surface area (Å²) in [4.78, 5) is 6.76. The van der Waals surface area contributed by atoms with E-state index in [1.54, 1.807) is 18.4 Å². The van der Waals surface area contributed by atoms with Gasteiger partial charge in [0.1, 0.15) is 5.75 Å². The van der Waals surface area contributed by atoms with E-state index in [0.717, 1.165) is 49.1 Å². The van der Waals surface area contributed by atoms with Gasteiger partial charge < -0.3 is 19.7 Å². The zero-order valence-electron chi connectivity index (χ0n) is 13.2. The Morgan fingerprint density at radius 3 is 3.00 bits per heavy atom. The first kappa shape index (κ1) is 14.8. The Hall–Kier alpha value is -1.79. The Morgan fingerprint density at radius 1 is 1.39 bits per heavy atom. The van der Waals surface area contributed by atoms with Crippen molar-refractivity contribution in [1.29, 1.82) is 0 Å². The molecule has 0 amide bonds. The number of methoxy groups -OCH3 is 1. The lowest BCUT2D eigenvalue weighted by molar-refractivity contribution is 0.0229. The lowest BCUT2D eigenvalue weighted by atomic mass is 9.97. The molecule has 2 fully saturated rings.